The Kier molecular flexibility index (Phi) is 10.9. The first kappa shape index (κ1) is 28.9. The van der Waals surface area contributed by atoms with Crippen LogP contribution in [-0.2, 0) is 19.1 Å². The van der Waals surface area contributed by atoms with Gasteiger partial charge in [-0.05, 0) is 74.7 Å². The van der Waals surface area contributed by atoms with Crippen LogP contribution in [0.1, 0.15) is 39.0 Å². The lowest BCUT2D eigenvalue weighted by atomic mass is 9.98. The molecule has 0 radical (unpaired) electrons. The van der Waals surface area contributed by atoms with E-state index in [9.17, 15) is 14.4 Å². The van der Waals surface area contributed by atoms with E-state index in [-0.39, 0.29) is 42.8 Å². The third-order valence-electron chi connectivity index (χ3n) is 5.99. The van der Waals surface area contributed by atoms with Gasteiger partial charge in [-0.25, -0.2) is 4.79 Å². The molecule has 2 aromatic carbocycles. The number of ether oxygens (including phenoxy) is 2. The number of alkyl halides is 1. The Labute approximate surface area is 231 Å². The normalized spacial score (nSPS) is 13.2. The molecule has 1 aliphatic rings. The molecule has 0 aromatic heterocycles. The third kappa shape index (κ3) is 7.67. The molecule has 0 spiro atoms. The van der Waals surface area contributed by atoms with Gasteiger partial charge in [0, 0.05) is 40.9 Å². The van der Waals surface area contributed by atoms with E-state index in [0.29, 0.717) is 34.8 Å². The number of nitrogens with zero attached hydrogens (tertiary/aromatic N) is 1. The van der Waals surface area contributed by atoms with E-state index < -0.39 is 5.97 Å². The van der Waals surface area contributed by atoms with Crippen molar-refractivity contribution >= 4 is 56.5 Å². The zero-order valence-electron chi connectivity index (χ0n) is 21.6. The lowest BCUT2D eigenvalue weighted by Gasteiger charge is -2.31. The largest absolute Gasteiger partial charge is 0.497 e. The molecule has 1 aliphatic heterocycles. The summed E-state index contributed by atoms with van der Waals surface area (Å²) in [6.45, 7) is 2.08. The minimum Gasteiger partial charge on any atom is -0.497 e. The summed E-state index contributed by atoms with van der Waals surface area (Å²) < 4.78 is 10.2. The van der Waals surface area contributed by atoms with Gasteiger partial charge in [0.05, 0.1) is 13.7 Å². The maximum absolute atomic E-state index is 13.6. The number of carbonyl (C=O) groups excluding carboxylic acids is 3. The van der Waals surface area contributed by atoms with Crippen LogP contribution in [0.3, 0.4) is 0 Å². The van der Waals surface area contributed by atoms with Crippen LogP contribution in [0, 0.1) is 5.41 Å². The van der Waals surface area contributed by atoms with Gasteiger partial charge < -0.3 is 25.0 Å². The van der Waals surface area contributed by atoms with Crippen LogP contribution in [0.15, 0.2) is 59.8 Å². The molecule has 1 heterocycles. The van der Waals surface area contributed by atoms with Gasteiger partial charge in [0.25, 0.3) is 5.91 Å². The first-order valence-corrected chi connectivity index (χ1v) is 13.7. The second kappa shape index (κ2) is 14.3. The van der Waals surface area contributed by atoms with E-state index in [0.717, 1.165) is 24.6 Å². The first-order chi connectivity index (χ1) is 18.4. The fourth-order valence-electron chi connectivity index (χ4n) is 3.99. The molecule has 0 saturated carbocycles. The molecule has 0 aliphatic carbocycles. The number of nitrogens with one attached hydrogen (secondary N) is 3. The Bertz CT molecular complexity index is 1180. The second-order valence-electron chi connectivity index (χ2n) is 8.60. The molecule has 0 unspecified atom stereocenters. The summed E-state index contributed by atoms with van der Waals surface area (Å²) in [4.78, 5) is 39.7. The van der Waals surface area contributed by atoms with E-state index in [4.69, 9.17) is 14.9 Å². The van der Waals surface area contributed by atoms with Gasteiger partial charge in [-0.1, -0.05) is 22.4 Å². The van der Waals surface area contributed by atoms with Gasteiger partial charge in [0.2, 0.25) is 5.91 Å². The molecular weight excluding hydrogens is 552 g/mol. The van der Waals surface area contributed by atoms with Crippen LogP contribution >= 0.6 is 15.9 Å². The Morgan fingerprint density at radius 1 is 1.03 bits per heavy atom. The lowest BCUT2D eigenvalue weighted by Crippen LogP contribution is -2.41. The van der Waals surface area contributed by atoms with E-state index in [1.165, 1.54) is 0 Å². The zero-order chi connectivity index (χ0) is 27.5. The predicted molar refractivity (Wildman–Crippen MR) is 152 cm³/mol. The van der Waals surface area contributed by atoms with Gasteiger partial charge in [-0.15, -0.1) is 0 Å². The monoisotopic (exact) mass is 584 g/mol. The number of esters is 1. The number of methoxy groups -OCH3 is 1. The Morgan fingerprint density at radius 3 is 2.34 bits per heavy atom. The highest BCUT2D eigenvalue weighted by Gasteiger charge is 2.32. The van der Waals surface area contributed by atoms with Gasteiger partial charge in [0.15, 0.2) is 0 Å². The number of carbonyl (C=O) groups is 3. The molecule has 0 bridgehead atoms. The number of anilines is 3. The number of hydrogen-bond donors (Lipinski definition) is 3. The Hall–Kier alpha value is -3.66. The minimum absolute atomic E-state index is 0.0441. The van der Waals surface area contributed by atoms with Crippen molar-refractivity contribution in [3.05, 3.63) is 59.8 Å². The molecule has 0 fully saturated rings. The molecular formula is C28H33BrN4O5. The number of benzene rings is 2. The number of amides is 2. The topological polar surface area (TPSA) is 121 Å². The molecule has 202 valence electrons. The van der Waals surface area contributed by atoms with E-state index in [2.05, 4.69) is 26.6 Å². The Morgan fingerprint density at radius 2 is 1.71 bits per heavy atom. The summed E-state index contributed by atoms with van der Waals surface area (Å²) in [6, 6.07) is 14.1. The summed E-state index contributed by atoms with van der Waals surface area (Å²) in [7, 11) is 1.56. The molecule has 3 rings (SSSR count). The fourth-order valence-corrected chi connectivity index (χ4v) is 4.39. The average molecular weight is 585 g/mol. The summed E-state index contributed by atoms with van der Waals surface area (Å²) in [5.74, 6) is -0.533. The van der Waals surface area contributed by atoms with Crippen molar-refractivity contribution in [2.75, 3.05) is 41.1 Å². The smallest absolute Gasteiger partial charge is 0.356 e. The molecule has 0 saturated heterocycles. The van der Waals surface area contributed by atoms with Crippen molar-refractivity contribution in [3.63, 3.8) is 0 Å². The fraction of sp³-hybridized carbons (Fsp3) is 0.357. The molecule has 0 atom stereocenters. The SMILES string of the molecule is CCOC(=O)C(=N)C1=C(Nc2ccc(OC)cc2)C(=O)N(c2ccc(NC(=O)CCCCCBr)cc2)CC1. The first-order valence-electron chi connectivity index (χ1n) is 12.6. The van der Waals surface area contributed by atoms with Crippen molar-refractivity contribution < 1.29 is 23.9 Å². The van der Waals surface area contributed by atoms with Crippen LogP contribution in [-0.4, -0.2) is 49.1 Å². The number of halogens is 1. The van der Waals surface area contributed by atoms with Gasteiger partial charge in [0.1, 0.15) is 17.2 Å². The molecule has 2 amide bonds. The maximum Gasteiger partial charge on any atom is 0.356 e. The Balaban J connectivity index is 1.79. The van der Waals surface area contributed by atoms with Gasteiger partial charge in [-0.2, -0.15) is 0 Å². The number of rotatable bonds is 13. The van der Waals surface area contributed by atoms with Crippen LogP contribution < -0.4 is 20.3 Å². The number of hydrogen-bond acceptors (Lipinski definition) is 7. The summed E-state index contributed by atoms with van der Waals surface area (Å²) in [6.07, 6.45) is 3.60. The standard InChI is InChI=1S/C28H33BrN4O5/c1-3-38-28(36)25(30)23-16-18-33(27(35)26(23)32-20-10-14-22(37-2)15-11-20)21-12-8-19(9-13-21)31-24(34)7-5-4-6-17-29/h8-15,30,32H,3-7,16-18H2,1-2H3,(H,31,34). The zero-order valence-corrected chi connectivity index (χ0v) is 23.2. The highest BCUT2D eigenvalue weighted by Crippen LogP contribution is 2.29. The lowest BCUT2D eigenvalue weighted by molar-refractivity contribution is -0.135. The second-order valence-corrected chi connectivity index (χ2v) is 9.40. The van der Waals surface area contributed by atoms with Crippen molar-refractivity contribution in [2.24, 2.45) is 0 Å². The van der Waals surface area contributed by atoms with Gasteiger partial charge in [-0.3, -0.25) is 15.0 Å². The quantitative estimate of drug-likeness (QED) is 0.127. The van der Waals surface area contributed by atoms with E-state index in [1.54, 1.807) is 67.5 Å². The molecule has 3 N–H and O–H groups in total. The van der Waals surface area contributed by atoms with Crippen molar-refractivity contribution in [3.8, 4) is 5.75 Å². The van der Waals surface area contributed by atoms with E-state index in [1.807, 2.05) is 0 Å². The summed E-state index contributed by atoms with van der Waals surface area (Å²) >= 11 is 3.39. The number of unbranched alkanes of at least 4 members (excludes halogenated alkanes) is 2. The van der Waals surface area contributed by atoms with Gasteiger partial charge >= 0.3 is 5.97 Å². The van der Waals surface area contributed by atoms with E-state index >= 15 is 0 Å². The van der Waals surface area contributed by atoms with Crippen molar-refractivity contribution in [1.29, 1.82) is 5.41 Å². The third-order valence-corrected chi connectivity index (χ3v) is 6.55. The van der Waals surface area contributed by atoms with Crippen LogP contribution in [0.5, 0.6) is 5.75 Å². The highest BCUT2D eigenvalue weighted by atomic mass is 79.9. The summed E-state index contributed by atoms with van der Waals surface area (Å²) in [5.41, 5.74) is 2.00. The molecule has 2 aromatic rings. The van der Waals surface area contributed by atoms with Crippen molar-refractivity contribution in [2.45, 2.75) is 39.0 Å². The van der Waals surface area contributed by atoms with Crippen molar-refractivity contribution in [1.82, 2.24) is 0 Å². The minimum atomic E-state index is -0.773. The highest BCUT2D eigenvalue weighted by molar-refractivity contribution is 9.09. The molecule has 10 heteroatoms. The maximum atomic E-state index is 13.6. The van der Waals surface area contributed by atoms with Crippen LogP contribution in [0.2, 0.25) is 0 Å². The molecule has 9 nitrogen and oxygen atoms in total. The average Bonchev–Trinajstić information content (AvgIpc) is 2.93. The predicted octanol–water partition coefficient (Wildman–Crippen LogP) is 5.27. The van der Waals surface area contributed by atoms with Crippen LogP contribution in [0.25, 0.3) is 0 Å². The van der Waals surface area contributed by atoms with Crippen LogP contribution in [0.4, 0.5) is 17.1 Å². The molecule has 38 heavy (non-hydrogen) atoms. The summed E-state index contributed by atoms with van der Waals surface area (Å²) in [5, 5.41) is 15.3.